The largest absolute Gasteiger partial charge is 0.497 e. The Balaban J connectivity index is 2.07. The molecule has 3 heteroatoms. The molecular weight excluding hydrogens is 194 g/mol. The van der Waals surface area contributed by atoms with Gasteiger partial charge in [0.25, 0.3) is 0 Å². The Morgan fingerprint density at radius 2 is 2.14 bits per heavy atom. The van der Waals surface area contributed by atoms with Crippen LogP contribution in [0, 0.1) is 0 Å². The van der Waals surface area contributed by atoms with Crippen LogP contribution in [0.1, 0.15) is 11.6 Å². The third-order valence-corrected chi connectivity index (χ3v) is 3.38. The Morgan fingerprint density at radius 1 is 1.36 bits per heavy atom. The Bertz CT molecular complexity index is 280. The third kappa shape index (κ3) is 2.22. The zero-order valence-corrected chi connectivity index (χ0v) is 9.09. The van der Waals surface area contributed by atoms with Crippen LogP contribution in [0.25, 0.3) is 0 Å². The van der Waals surface area contributed by atoms with E-state index < -0.39 is 0 Å². The van der Waals surface area contributed by atoms with Crippen molar-refractivity contribution in [2.24, 2.45) is 0 Å². The first-order chi connectivity index (χ1) is 6.90. The molecule has 1 unspecified atom stereocenters. The molecule has 0 spiro atoms. The summed E-state index contributed by atoms with van der Waals surface area (Å²) in [6.45, 7) is 0.987. The van der Waals surface area contributed by atoms with E-state index in [1.807, 2.05) is 23.9 Å². The smallest absolute Gasteiger partial charge is 0.118 e. The van der Waals surface area contributed by atoms with Gasteiger partial charge in [-0.2, -0.15) is 11.8 Å². The molecule has 2 nitrogen and oxygen atoms in total. The summed E-state index contributed by atoms with van der Waals surface area (Å²) in [6, 6.07) is 8.62. The van der Waals surface area contributed by atoms with Gasteiger partial charge in [0, 0.05) is 18.1 Å². The van der Waals surface area contributed by atoms with E-state index in [0.717, 1.165) is 18.0 Å². The average molecular weight is 208 g/mol. The van der Waals surface area contributed by atoms with Gasteiger partial charge in [-0.05, 0) is 17.7 Å². The maximum Gasteiger partial charge on any atom is 0.118 e. The van der Waals surface area contributed by atoms with Gasteiger partial charge < -0.3 is 4.74 Å². The number of ether oxygens (including phenoxy) is 1. The van der Waals surface area contributed by atoms with E-state index in [9.17, 15) is 0 Å². The summed E-state index contributed by atoms with van der Waals surface area (Å²) in [7, 11) is 1.69. The molecule has 1 atom stereocenters. The van der Waals surface area contributed by atoms with E-state index in [-0.39, 0.29) is 0 Å². The Kier molecular flexibility index (Phi) is 3.32. The van der Waals surface area contributed by atoms with Crippen molar-refractivity contribution in [1.29, 1.82) is 0 Å². The minimum Gasteiger partial charge on any atom is -0.497 e. The van der Waals surface area contributed by atoms with Crippen LogP contribution >= 0.6 is 11.8 Å². The molecule has 0 aliphatic carbocycles. The Morgan fingerprint density at radius 3 is 2.71 bits per heavy atom. The third-order valence-electron chi connectivity index (χ3n) is 2.36. The molecular formula is C11H14NOS. The van der Waals surface area contributed by atoms with Crippen molar-refractivity contribution in [3.8, 4) is 5.75 Å². The zero-order valence-electron chi connectivity index (χ0n) is 8.27. The van der Waals surface area contributed by atoms with Crippen LogP contribution in [0.15, 0.2) is 24.3 Å². The van der Waals surface area contributed by atoms with E-state index in [4.69, 9.17) is 4.74 Å². The van der Waals surface area contributed by atoms with E-state index in [1.54, 1.807) is 7.11 Å². The molecule has 0 N–H and O–H groups in total. The van der Waals surface area contributed by atoms with Gasteiger partial charge in [0.2, 0.25) is 0 Å². The first-order valence-electron chi connectivity index (χ1n) is 4.78. The summed E-state index contributed by atoms with van der Waals surface area (Å²) in [5, 5.41) is 4.59. The number of hydrogen-bond donors (Lipinski definition) is 0. The van der Waals surface area contributed by atoms with Crippen molar-refractivity contribution in [3.05, 3.63) is 29.8 Å². The summed E-state index contributed by atoms with van der Waals surface area (Å²) >= 11 is 1.98. The highest BCUT2D eigenvalue weighted by Gasteiger charge is 2.15. The molecule has 1 aromatic carbocycles. The number of benzene rings is 1. The lowest BCUT2D eigenvalue weighted by Gasteiger charge is -2.21. The Labute approximate surface area is 89.0 Å². The second-order valence-corrected chi connectivity index (χ2v) is 4.42. The highest BCUT2D eigenvalue weighted by Crippen LogP contribution is 2.24. The monoisotopic (exact) mass is 208 g/mol. The van der Waals surface area contributed by atoms with Crippen LogP contribution in [-0.4, -0.2) is 25.2 Å². The molecule has 2 rings (SSSR count). The van der Waals surface area contributed by atoms with Gasteiger partial charge >= 0.3 is 0 Å². The summed E-state index contributed by atoms with van der Waals surface area (Å²) in [4.78, 5) is 0. The fraction of sp³-hybridized carbons (Fsp3) is 0.455. The second-order valence-electron chi connectivity index (χ2n) is 3.27. The molecule has 1 aromatic rings. The first-order valence-corrected chi connectivity index (χ1v) is 5.94. The van der Waals surface area contributed by atoms with E-state index in [2.05, 4.69) is 17.4 Å². The van der Waals surface area contributed by atoms with E-state index in [1.165, 1.54) is 11.3 Å². The summed E-state index contributed by atoms with van der Waals surface area (Å²) in [6.07, 6.45) is 0. The molecule has 1 fully saturated rings. The molecule has 0 saturated carbocycles. The lowest BCUT2D eigenvalue weighted by atomic mass is 10.1. The van der Waals surface area contributed by atoms with Crippen molar-refractivity contribution >= 4 is 11.8 Å². The van der Waals surface area contributed by atoms with Gasteiger partial charge in [0.1, 0.15) is 5.75 Å². The fourth-order valence-corrected chi connectivity index (χ4v) is 2.47. The molecule has 1 aliphatic heterocycles. The van der Waals surface area contributed by atoms with E-state index >= 15 is 0 Å². The number of rotatable bonds is 2. The van der Waals surface area contributed by atoms with Gasteiger partial charge in [0.05, 0.1) is 13.2 Å². The van der Waals surface area contributed by atoms with Gasteiger partial charge in [-0.3, -0.25) is 0 Å². The minimum absolute atomic E-state index is 0.389. The quantitative estimate of drug-likeness (QED) is 0.743. The molecule has 0 amide bonds. The van der Waals surface area contributed by atoms with Crippen LogP contribution in [0.2, 0.25) is 0 Å². The van der Waals surface area contributed by atoms with Gasteiger partial charge in [-0.1, -0.05) is 12.1 Å². The topological polar surface area (TPSA) is 23.3 Å². The maximum atomic E-state index is 5.12. The summed E-state index contributed by atoms with van der Waals surface area (Å²) in [5.74, 6) is 3.20. The Hall–Kier alpha value is -0.670. The summed E-state index contributed by atoms with van der Waals surface area (Å²) < 4.78 is 5.12. The predicted molar refractivity (Wildman–Crippen MR) is 60.1 cm³/mol. The van der Waals surface area contributed by atoms with Gasteiger partial charge in [-0.15, -0.1) is 0 Å². The number of nitrogens with zero attached hydrogens (tertiary/aromatic N) is 1. The standard InChI is InChI=1S/C11H14NOS/c1-13-10-4-2-9(3-5-10)11-8-14-7-6-12-11/h2-5,11H,6-8H2,1H3. The molecule has 1 heterocycles. The first kappa shape index (κ1) is 9.87. The SMILES string of the molecule is COc1ccc(C2CSCC[N]2)cc1. The van der Waals surface area contributed by atoms with Crippen LogP contribution < -0.4 is 10.1 Å². The van der Waals surface area contributed by atoms with Crippen LogP contribution in [0.5, 0.6) is 5.75 Å². The lowest BCUT2D eigenvalue weighted by Crippen LogP contribution is -2.23. The lowest BCUT2D eigenvalue weighted by molar-refractivity contribution is 0.414. The zero-order chi connectivity index (χ0) is 9.80. The second kappa shape index (κ2) is 4.71. The highest BCUT2D eigenvalue weighted by atomic mass is 32.2. The molecule has 14 heavy (non-hydrogen) atoms. The predicted octanol–water partition coefficient (Wildman–Crippen LogP) is 2.09. The molecule has 0 aromatic heterocycles. The van der Waals surface area contributed by atoms with Gasteiger partial charge in [-0.25, -0.2) is 5.32 Å². The molecule has 1 saturated heterocycles. The number of thioether (sulfide) groups is 1. The van der Waals surface area contributed by atoms with Crippen molar-refractivity contribution < 1.29 is 4.74 Å². The maximum absolute atomic E-state index is 5.12. The van der Waals surface area contributed by atoms with Crippen LogP contribution in [0.4, 0.5) is 0 Å². The molecule has 1 aliphatic rings. The average Bonchev–Trinajstić information content (AvgIpc) is 2.30. The fourth-order valence-electron chi connectivity index (χ4n) is 1.55. The van der Waals surface area contributed by atoms with Crippen molar-refractivity contribution in [1.82, 2.24) is 5.32 Å². The van der Waals surface area contributed by atoms with Crippen molar-refractivity contribution in [3.63, 3.8) is 0 Å². The molecule has 1 radical (unpaired) electrons. The number of hydrogen-bond acceptors (Lipinski definition) is 2. The minimum atomic E-state index is 0.389. The van der Waals surface area contributed by atoms with Crippen molar-refractivity contribution in [2.75, 3.05) is 25.2 Å². The van der Waals surface area contributed by atoms with Crippen molar-refractivity contribution in [2.45, 2.75) is 6.04 Å². The highest BCUT2D eigenvalue weighted by molar-refractivity contribution is 7.99. The van der Waals surface area contributed by atoms with E-state index in [0.29, 0.717) is 6.04 Å². The van der Waals surface area contributed by atoms with Crippen LogP contribution in [0.3, 0.4) is 0 Å². The number of methoxy groups -OCH3 is 1. The molecule has 0 bridgehead atoms. The normalized spacial score (nSPS) is 21.9. The molecule has 75 valence electrons. The van der Waals surface area contributed by atoms with Gasteiger partial charge in [0.15, 0.2) is 0 Å². The summed E-state index contributed by atoms with van der Waals surface area (Å²) in [5.41, 5.74) is 1.30. The van der Waals surface area contributed by atoms with Crippen LogP contribution in [-0.2, 0) is 0 Å².